The van der Waals surface area contributed by atoms with Gasteiger partial charge in [0.1, 0.15) is 10.8 Å². The summed E-state index contributed by atoms with van der Waals surface area (Å²) in [6.45, 7) is -0.379. The second kappa shape index (κ2) is 10.0. The summed E-state index contributed by atoms with van der Waals surface area (Å²) in [6, 6.07) is 10.9. The van der Waals surface area contributed by atoms with Gasteiger partial charge in [0.15, 0.2) is 5.69 Å². The molecule has 12 heteroatoms. The molecular weight excluding hydrogens is 507 g/mol. The van der Waals surface area contributed by atoms with Crippen molar-refractivity contribution in [3.05, 3.63) is 64.6 Å². The number of rotatable bonds is 6. The number of carbonyl (C=O) groups excluding carboxylic acids is 2. The van der Waals surface area contributed by atoms with Gasteiger partial charge in [0, 0.05) is 24.1 Å². The van der Waals surface area contributed by atoms with E-state index in [1.807, 2.05) is 0 Å². The minimum absolute atomic E-state index is 0.0809. The molecule has 0 unspecified atom stereocenters. The molecule has 0 atom stereocenters. The number of halogens is 6. The molecule has 0 aliphatic heterocycles. The second-order valence-electron chi connectivity index (χ2n) is 8.77. The van der Waals surface area contributed by atoms with Gasteiger partial charge in [-0.1, -0.05) is 29.8 Å². The third-order valence-electron chi connectivity index (χ3n) is 6.09. The number of anilines is 1. The van der Waals surface area contributed by atoms with E-state index in [1.165, 1.54) is 6.07 Å². The van der Waals surface area contributed by atoms with Gasteiger partial charge in [-0.2, -0.15) is 13.2 Å². The summed E-state index contributed by atoms with van der Waals surface area (Å²) in [5, 5.41) is 4.80. The fourth-order valence-corrected chi connectivity index (χ4v) is 4.60. The van der Waals surface area contributed by atoms with Gasteiger partial charge in [-0.05, 0) is 49.4 Å². The lowest BCUT2D eigenvalue weighted by atomic mass is 9.83. The highest BCUT2D eigenvalue weighted by Crippen LogP contribution is 2.40. The third kappa shape index (κ3) is 5.95. The molecule has 2 amide bonds. The summed E-state index contributed by atoms with van der Waals surface area (Å²) in [5.74, 6) is -4.41. The van der Waals surface area contributed by atoms with Crippen molar-refractivity contribution in [2.75, 3.05) is 11.9 Å². The molecule has 0 saturated heterocycles. The Morgan fingerprint density at radius 1 is 1.11 bits per heavy atom. The highest BCUT2D eigenvalue weighted by molar-refractivity contribution is 6.30. The van der Waals surface area contributed by atoms with Crippen molar-refractivity contribution in [3.8, 4) is 0 Å². The first-order chi connectivity index (χ1) is 16.9. The van der Waals surface area contributed by atoms with Crippen LogP contribution in [0.3, 0.4) is 0 Å². The van der Waals surface area contributed by atoms with Crippen molar-refractivity contribution >= 4 is 34.7 Å². The maximum atomic E-state index is 13.8. The van der Waals surface area contributed by atoms with Gasteiger partial charge in [0.25, 0.3) is 5.91 Å². The fourth-order valence-electron chi connectivity index (χ4n) is 4.29. The zero-order valence-electron chi connectivity index (χ0n) is 18.8. The Morgan fingerprint density at radius 2 is 1.78 bits per heavy atom. The zero-order chi connectivity index (χ0) is 26.1. The maximum absolute atomic E-state index is 13.8. The molecule has 0 bridgehead atoms. The van der Waals surface area contributed by atoms with Crippen LogP contribution in [0.2, 0.25) is 5.15 Å². The number of alkyl halides is 5. The molecule has 6 nitrogen and oxygen atoms in total. The summed E-state index contributed by atoms with van der Waals surface area (Å²) >= 11 is 6.28. The molecule has 1 fully saturated rings. The number of aromatic nitrogens is 2. The Hall–Kier alpha value is -3.21. The lowest BCUT2D eigenvalue weighted by Gasteiger charge is -2.28. The first-order valence-electron chi connectivity index (χ1n) is 11.2. The van der Waals surface area contributed by atoms with E-state index in [0.29, 0.717) is 5.69 Å². The molecule has 2 aromatic heterocycles. The van der Waals surface area contributed by atoms with Gasteiger partial charge >= 0.3 is 6.18 Å². The van der Waals surface area contributed by atoms with Crippen molar-refractivity contribution < 1.29 is 31.5 Å². The van der Waals surface area contributed by atoms with Crippen LogP contribution in [0.25, 0.3) is 5.65 Å². The predicted octanol–water partition coefficient (Wildman–Crippen LogP) is 5.74. The molecule has 1 aliphatic rings. The van der Waals surface area contributed by atoms with Gasteiger partial charge < -0.3 is 10.6 Å². The largest absolute Gasteiger partial charge is 0.435 e. The van der Waals surface area contributed by atoms with Gasteiger partial charge in [-0.25, -0.2) is 13.8 Å². The second-order valence-corrected chi connectivity index (χ2v) is 9.15. The van der Waals surface area contributed by atoms with E-state index in [-0.39, 0.29) is 66.6 Å². The topological polar surface area (TPSA) is 75.5 Å². The average Bonchev–Trinajstić information content (AvgIpc) is 3.19. The Kier molecular flexibility index (Phi) is 7.21. The average molecular weight is 529 g/mol. The predicted molar refractivity (Wildman–Crippen MR) is 123 cm³/mol. The summed E-state index contributed by atoms with van der Waals surface area (Å²) in [7, 11) is 0. The van der Waals surface area contributed by atoms with E-state index in [2.05, 4.69) is 15.6 Å². The molecule has 0 spiro atoms. The SMILES string of the molecule is O=C(CNC(=O)c1cc(Cl)n2c(CC3CCC(F)(F)CC3)c(C(F)(F)F)nc2c1)Nc1ccccc1. The molecule has 2 heterocycles. The van der Waals surface area contributed by atoms with E-state index in [9.17, 15) is 31.5 Å². The van der Waals surface area contributed by atoms with Crippen molar-refractivity contribution in [2.45, 2.75) is 44.2 Å². The molecule has 36 heavy (non-hydrogen) atoms. The van der Waals surface area contributed by atoms with Crippen LogP contribution in [0.15, 0.2) is 42.5 Å². The number of hydrogen-bond acceptors (Lipinski definition) is 3. The van der Waals surface area contributed by atoms with Crippen LogP contribution in [0.1, 0.15) is 47.4 Å². The number of nitrogens with one attached hydrogen (secondary N) is 2. The van der Waals surface area contributed by atoms with E-state index in [1.54, 1.807) is 30.3 Å². The first kappa shape index (κ1) is 25.9. The van der Waals surface area contributed by atoms with Crippen LogP contribution in [0.5, 0.6) is 0 Å². The van der Waals surface area contributed by atoms with Crippen molar-refractivity contribution in [3.63, 3.8) is 0 Å². The molecular formula is C24H22ClF5N4O2. The van der Waals surface area contributed by atoms with Crippen LogP contribution < -0.4 is 10.6 Å². The highest BCUT2D eigenvalue weighted by atomic mass is 35.5. The third-order valence-corrected chi connectivity index (χ3v) is 6.37. The smallest absolute Gasteiger partial charge is 0.343 e. The number of fused-ring (bicyclic) bond motifs is 1. The van der Waals surface area contributed by atoms with Gasteiger partial charge in [-0.3, -0.25) is 14.0 Å². The number of hydrogen-bond donors (Lipinski definition) is 2. The van der Waals surface area contributed by atoms with Crippen molar-refractivity contribution in [1.29, 1.82) is 0 Å². The minimum atomic E-state index is -4.80. The van der Waals surface area contributed by atoms with Gasteiger partial charge in [-0.15, -0.1) is 0 Å². The van der Waals surface area contributed by atoms with Gasteiger partial charge in [0.2, 0.25) is 11.8 Å². The number of carbonyl (C=O) groups is 2. The maximum Gasteiger partial charge on any atom is 0.435 e. The van der Waals surface area contributed by atoms with Crippen molar-refractivity contribution in [1.82, 2.24) is 14.7 Å². The van der Waals surface area contributed by atoms with Crippen LogP contribution in [-0.2, 0) is 17.4 Å². The summed E-state index contributed by atoms with van der Waals surface area (Å²) < 4.78 is 69.4. The molecule has 4 rings (SSSR count). The van der Waals surface area contributed by atoms with Crippen molar-refractivity contribution in [2.24, 2.45) is 5.92 Å². The Bertz CT molecular complexity index is 1270. The molecule has 192 valence electrons. The number of benzene rings is 1. The molecule has 2 N–H and O–H groups in total. The van der Waals surface area contributed by atoms with Crippen LogP contribution >= 0.6 is 11.6 Å². The number of amides is 2. The lowest BCUT2D eigenvalue weighted by Crippen LogP contribution is -2.32. The fraction of sp³-hybridized carbons (Fsp3) is 0.375. The van der Waals surface area contributed by atoms with Crippen LogP contribution in [0.4, 0.5) is 27.6 Å². The van der Waals surface area contributed by atoms with Crippen LogP contribution in [-0.4, -0.2) is 33.7 Å². The molecule has 1 saturated carbocycles. The van der Waals surface area contributed by atoms with Gasteiger partial charge in [0.05, 0.1) is 12.2 Å². The van der Waals surface area contributed by atoms with E-state index >= 15 is 0 Å². The van der Waals surface area contributed by atoms with E-state index in [4.69, 9.17) is 11.6 Å². The molecule has 3 aromatic rings. The summed E-state index contributed by atoms with van der Waals surface area (Å²) in [6.07, 6.45) is -5.53. The Labute approximate surface area is 207 Å². The highest BCUT2D eigenvalue weighted by Gasteiger charge is 2.40. The number of pyridine rings is 1. The van der Waals surface area contributed by atoms with E-state index in [0.717, 1.165) is 10.5 Å². The Balaban J connectivity index is 1.54. The quantitative estimate of drug-likeness (QED) is 0.316. The number of para-hydroxylation sites is 1. The molecule has 1 aromatic carbocycles. The minimum Gasteiger partial charge on any atom is -0.343 e. The normalized spacial score (nSPS) is 16.2. The molecule has 1 aliphatic carbocycles. The number of nitrogens with zero attached hydrogens (tertiary/aromatic N) is 2. The molecule has 0 radical (unpaired) electrons. The standard InChI is InChI=1S/C24H22ClF5N4O2/c25-18-11-15(22(36)31-13-20(35)32-16-4-2-1-3-5-16)12-19-33-21(24(28,29)30)17(34(18)19)10-14-6-8-23(26,27)9-7-14/h1-5,11-12,14H,6-10,13H2,(H,31,36)(H,32,35). The summed E-state index contributed by atoms with van der Waals surface area (Å²) in [4.78, 5) is 28.3. The first-order valence-corrected chi connectivity index (χ1v) is 11.6. The van der Waals surface area contributed by atoms with E-state index < -0.39 is 29.6 Å². The summed E-state index contributed by atoms with van der Waals surface area (Å²) in [5.41, 5.74) is -1.15. The zero-order valence-corrected chi connectivity index (χ0v) is 19.6. The monoisotopic (exact) mass is 528 g/mol. The number of imidazole rings is 1. The lowest BCUT2D eigenvalue weighted by molar-refractivity contribution is -0.141. The van der Waals surface area contributed by atoms with Crippen LogP contribution in [0, 0.1) is 5.92 Å². The Morgan fingerprint density at radius 3 is 2.42 bits per heavy atom.